The number of aromatic nitrogens is 1. The molecular formula is C24H26N4O2S2. The standard InChI is InChI=1S/C24H26N4O2S2/c1-16(2)30-20-5-3-4-17(8-20)10-25-24(29)27-11-18-13-28(14-19(18)12-27)32-21-6-7-22-23(9-21)31-15-26-22/h3-9,15-16H,10-14H2,1-2H3,(H,25,29). The van der Waals surface area contributed by atoms with Gasteiger partial charge in [0.1, 0.15) is 5.75 Å². The van der Waals surface area contributed by atoms with Crippen LogP contribution in [0.4, 0.5) is 4.79 Å². The number of ether oxygens (including phenoxy) is 1. The fraction of sp³-hybridized carbons (Fsp3) is 0.333. The molecule has 8 heteroatoms. The van der Waals surface area contributed by atoms with Crippen LogP contribution in [-0.2, 0) is 6.54 Å². The van der Waals surface area contributed by atoms with Crippen molar-refractivity contribution in [3.63, 3.8) is 0 Å². The molecule has 3 aromatic rings. The molecule has 3 heterocycles. The maximum atomic E-state index is 12.7. The van der Waals surface area contributed by atoms with Crippen molar-refractivity contribution < 1.29 is 9.53 Å². The highest BCUT2D eigenvalue weighted by Crippen LogP contribution is 2.34. The van der Waals surface area contributed by atoms with E-state index in [-0.39, 0.29) is 12.1 Å². The number of nitrogens with zero attached hydrogens (tertiary/aromatic N) is 3. The minimum atomic E-state index is -0.00979. The number of urea groups is 1. The summed E-state index contributed by atoms with van der Waals surface area (Å²) < 4.78 is 9.34. The van der Waals surface area contributed by atoms with Crippen LogP contribution in [-0.4, -0.2) is 52.5 Å². The molecule has 0 radical (unpaired) electrons. The third-order valence-electron chi connectivity index (χ3n) is 5.54. The van der Waals surface area contributed by atoms with Gasteiger partial charge in [-0.3, -0.25) is 0 Å². The topological polar surface area (TPSA) is 57.7 Å². The Balaban J connectivity index is 1.11. The zero-order chi connectivity index (χ0) is 22.1. The Labute approximate surface area is 196 Å². The number of nitrogens with one attached hydrogen (secondary N) is 1. The second-order valence-electron chi connectivity index (χ2n) is 8.41. The van der Waals surface area contributed by atoms with Crippen LogP contribution in [0.25, 0.3) is 10.2 Å². The molecule has 0 unspecified atom stereocenters. The van der Waals surface area contributed by atoms with E-state index in [1.54, 1.807) is 23.3 Å². The summed E-state index contributed by atoms with van der Waals surface area (Å²) >= 11 is 3.46. The zero-order valence-electron chi connectivity index (χ0n) is 18.2. The minimum Gasteiger partial charge on any atom is -0.491 e. The molecule has 1 N–H and O–H groups in total. The van der Waals surface area contributed by atoms with Crippen LogP contribution in [0.5, 0.6) is 5.75 Å². The SMILES string of the molecule is CC(C)Oc1cccc(CNC(=O)N2CC3=C(CN(Sc4ccc5ncsc5c4)C3)C2)c1. The fourth-order valence-corrected chi connectivity index (χ4v) is 5.91. The van der Waals surface area contributed by atoms with Gasteiger partial charge in [-0.2, -0.15) is 0 Å². The first-order valence-corrected chi connectivity index (χ1v) is 12.4. The summed E-state index contributed by atoms with van der Waals surface area (Å²) in [7, 11) is 0. The first-order valence-electron chi connectivity index (χ1n) is 10.8. The normalized spacial score (nSPS) is 16.3. The van der Waals surface area contributed by atoms with Crippen molar-refractivity contribution in [1.29, 1.82) is 0 Å². The van der Waals surface area contributed by atoms with E-state index >= 15 is 0 Å². The van der Waals surface area contributed by atoms with Gasteiger partial charge in [0.15, 0.2) is 0 Å². The third kappa shape index (κ3) is 4.77. The van der Waals surface area contributed by atoms with Crippen LogP contribution in [0.1, 0.15) is 19.4 Å². The molecule has 1 aromatic heterocycles. The number of rotatable bonds is 6. The zero-order valence-corrected chi connectivity index (χ0v) is 19.8. The largest absolute Gasteiger partial charge is 0.491 e. The predicted molar refractivity (Wildman–Crippen MR) is 130 cm³/mol. The van der Waals surface area contributed by atoms with Gasteiger partial charge < -0.3 is 15.0 Å². The van der Waals surface area contributed by atoms with Crippen molar-refractivity contribution in [1.82, 2.24) is 19.5 Å². The third-order valence-corrected chi connectivity index (χ3v) is 7.31. The quantitative estimate of drug-likeness (QED) is 0.412. The molecule has 0 spiro atoms. The molecule has 0 saturated carbocycles. The molecule has 0 fully saturated rings. The number of amides is 2. The maximum Gasteiger partial charge on any atom is 0.318 e. The van der Waals surface area contributed by atoms with Crippen LogP contribution in [0.15, 0.2) is 64.0 Å². The molecule has 32 heavy (non-hydrogen) atoms. The smallest absolute Gasteiger partial charge is 0.318 e. The van der Waals surface area contributed by atoms with E-state index in [1.165, 1.54) is 20.7 Å². The van der Waals surface area contributed by atoms with Crippen molar-refractivity contribution in [2.45, 2.75) is 31.4 Å². The van der Waals surface area contributed by atoms with Crippen LogP contribution >= 0.6 is 23.3 Å². The molecule has 166 valence electrons. The lowest BCUT2D eigenvalue weighted by Gasteiger charge is -2.22. The molecular weight excluding hydrogens is 440 g/mol. The lowest BCUT2D eigenvalue weighted by Crippen LogP contribution is -2.40. The van der Waals surface area contributed by atoms with Crippen molar-refractivity contribution >= 4 is 39.5 Å². The molecule has 6 nitrogen and oxygen atoms in total. The Morgan fingerprint density at radius 2 is 1.97 bits per heavy atom. The Morgan fingerprint density at radius 1 is 1.16 bits per heavy atom. The van der Waals surface area contributed by atoms with Crippen molar-refractivity contribution in [3.8, 4) is 5.75 Å². The van der Waals surface area contributed by atoms with E-state index in [9.17, 15) is 4.79 Å². The van der Waals surface area contributed by atoms with Gasteiger partial charge in [0.25, 0.3) is 0 Å². The van der Waals surface area contributed by atoms with Gasteiger partial charge in [0.05, 0.1) is 21.8 Å². The van der Waals surface area contributed by atoms with E-state index in [1.807, 2.05) is 48.5 Å². The van der Waals surface area contributed by atoms with Gasteiger partial charge in [-0.25, -0.2) is 14.1 Å². The van der Waals surface area contributed by atoms with Gasteiger partial charge in [0, 0.05) is 37.6 Å². The van der Waals surface area contributed by atoms with Gasteiger partial charge >= 0.3 is 6.03 Å². The van der Waals surface area contributed by atoms with Gasteiger partial charge in [0.2, 0.25) is 0 Å². The molecule has 2 amide bonds. The Kier molecular flexibility index (Phi) is 6.08. The molecule has 2 aliphatic heterocycles. The lowest BCUT2D eigenvalue weighted by atomic mass is 10.2. The first-order chi connectivity index (χ1) is 15.5. The Morgan fingerprint density at radius 3 is 2.75 bits per heavy atom. The summed E-state index contributed by atoms with van der Waals surface area (Å²) in [6, 6.07) is 14.3. The van der Waals surface area contributed by atoms with Gasteiger partial charge in [-0.1, -0.05) is 12.1 Å². The summed E-state index contributed by atoms with van der Waals surface area (Å²) in [4.78, 5) is 20.2. The highest BCUT2D eigenvalue weighted by Gasteiger charge is 2.32. The fourth-order valence-electron chi connectivity index (χ4n) is 4.09. The average molecular weight is 467 g/mol. The second-order valence-corrected chi connectivity index (χ2v) is 10.5. The highest BCUT2D eigenvalue weighted by atomic mass is 32.2. The predicted octanol–water partition coefficient (Wildman–Crippen LogP) is 4.93. The summed E-state index contributed by atoms with van der Waals surface area (Å²) in [6.45, 7) is 7.74. The van der Waals surface area contributed by atoms with E-state index in [2.05, 4.69) is 32.8 Å². The molecule has 0 bridgehead atoms. The number of thiazole rings is 1. The summed E-state index contributed by atoms with van der Waals surface area (Å²) in [6.07, 6.45) is 0.131. The molecule has 0 aliphatic carbocycles. The van der Waals surface area contributed by atoms with E-state index in [0.29, 0.717) is 19.6 Å². The molecule has 2 aliphatic rings. The first kappa shape index (κ1) is 21.3. The summed E-state index contributed by atoms with van der Waals surface area (Å²) in [5, 5.41) is 3.06. The number of hydrogen-bond acceptors (Lipinski definition) is 6. The molecule has 2 aromatic carbocycles. The summed E-state index contributed by atoms with van der Waals surface area (Å²) in [5.74, 6) is 0.834. The van der Waals surface area contributed by atoms with Crippen molar-refractivity contribution in [2.75, 3.05) is 26.2 Å². The van der Waals surface area contributed by atoms with Crippen LogP contribution in [0.3, 0.4) is 0 Å². The number of carbonyl (C=O) groups excluding carboxylic acids is 1. The van der Waals surface area contributed by atoms with E-state index in [0.717, 1.165) is 29.9 Å². The average Bonchev–Trinajstić information content (AvgIpc) is 3.46. The number of hydrogen-bond donors (Lipinski definition) is 1. The molecule has 0 atom stereocenters. The number of carbonyl (C=O) groups is 1. The Hall–Kier alpha value is -2.55. The number of benzene rings is 2. The lowest BCUT2D eigenvalue weighted by molar-refractivity contribution is 0.208. The summed E-state index contributed by atoms with van der Waals surface area (Å²) in [5.41, 5.74) is 6.73. The molecule has 5 rings (SSSR count). The Bertz CT molecular complexity index is 1160. The van der Waals surface area contributed by atoms with E-state index in [4.69, 9.17) is 4.74 Å². The minimum absolute atomic E-state index is 0.00979. The van der Waals surface area contributed by atoms with Crippen LogP contribution in [0.2, 0.25) is 0 Å². The van der Waals surface area contributed by atoms with Crippen LogP contribution < -0.4 is 10.1 Å². The highest BCUT2D eigenvalue weighted by molar-refractivity contribution is 7.97. The van der Waals surface area contributed by atoms with Gasteiger partial charge in [-0.05, 0) is 72.8 Å². The number of fused-ring (bicyclic) bond motifs is 1. The van der Waals surface area contributed by atoms with E-state index < -0.39 is 0 Å². The molecule has 0 saturated heterocycles. The van der Waals surface area contributed by atoms with Crippen molar-refractivity contribution in [3.05, 3.63) is 64.7 Å². The van der Waals surface area contributed by atoms with Crippen LogP contribution in [0, 0.1) is 0 Å². The monoisotopic (exact) mass is 466 g/mol. The van der Waals surface area contributed by atoms with Gasteiger partial charge in [-0.15, -0.1) is 11.3 Å². The second kappa shape index (κ2) is 9.13. The maximum absolute atomic E-state index is 12.7. The van der Waals surface area contributed by atoms with Crippen molar-refractivity contribution in [2.24, 2.45) is 0 Å².